The third kappa shape index (κ3) is 2.79. The third-order valence-corrected chi connectivity index (χ3v) is 3.63. The van der Waals surface area contributed by atoms with Crippen molar-refractivity contribution in [2.45, 2.75) is 33.9 Å². The first-order valence-electron chi connectivity index (χ1n) is 6.79. The van der Waals surface area contributed by atoms with E-state index in [1.807, 2.05) is 0 Å². The Hall–Kier alpha value is -1.97. The van der Waals surface area contributed by atoms with Gasteiger partial charge in [-0.15, -0.1) is 0 Å². The number of nitrogens with zero attached hydrogens (tertiary/aromatic N) is 1. The Bertz CT molecular complexity index is 605. The number of ether oxygens (including phenoxy) is 1. The molecule has 0 aliphatic carbocycles. The average molecular weight is 276 g/mol. The van der Waals surface area contributed by atoms with Crippen LogP contribution in [0, 0.1) is 19.7 Å². The largest absolute Gasteiger partial charge is 0.494 e. The Balaban J connectivity index is 2.13. The highest BCUT2D eigenvalue weighted by Gasteiger charge is 2.08. The Morgan fingerprint density at radius 3 is 2.60 bits per heavy atom. The van der Waals surface area contributed by atoms with Crippen LogP contribution in [0.15, 0.2) is 24.3 Å². The highest BCUT2D eigenvalue weighted by molar-refractivity contribution is 5.49. The molecule has 2 rings (SSSR count). The normalized spacial score (nSPS) is 10.7. The van der Waals surface area contributed by atoms with Crippen molar-refractivity contribution in [1.82, 2.24) is 4.57 Å². The SMILES string of the molecule is CCn1c(C)cc(CNc2ccc(F)c(OC)c2)c1C. The van der Waals surface area contributed by atoms with Crippen LogP contribution in [0.4, 0.5) is 10.1 Å². The molecule has 0 aliphatic heterocycles. The second-order valence-electron chi connectivity index (χ2n) is 4.84. The van der Waals surface area contributed by atoms with Gasteiger partial charge in [0.25, 0.3) is 0 Å². The van der Waals surface area contributed by atoms with E-state index in [2.05, 4.69) is 36.7 Å². The van der Waals surface area contributed by atoms with Crippen molar-refractivity contribution in [3.05, 3.63) is 47.0 Å². The number of anilines is 1. The van der Waals surface area contributed by atoms with Crippen LogP contribution in [-0.2, 0) is 13.1 Å². The maximum atomic E-state index is 13.3. The van der Waals surface area contributed by atoms with Crippen molar-refractivity contribution in [1.29, 1.82) is 0 Å². The number of rotatable bonds is 5. The Morgan fingerprint density at radius 1 is 1.25 bits per heavy atom. The summed E-state index contributed by atoms with van der Waals surface area (Å²) in [5, 5.41) is 3.31. The lowest BCUT2D eigenvalue weighted by Crippen LogP contribution is -2.03. The maximum absolute atomic E-state index is 13.3. The summed E-state index contributed by atoms with van der Waals surface area (Å²) in [6, 6.07) is 6.99. The Morgan fingerprint density at radius 2 is 2.00 bits per heavy atom. The van der Waals surface area contributed by atoms with Crippen LogP contribution in [0.3, 0.4) is 0 Å². The quantitative estimate of drug-likeness (QED) is 0.896. The monoisotopic (exact) mass is 276 g/mol. The molecule has 0 atom stereocenters. The average Bonchev–Trinajstić information content (AvgIpc) is 2.72. The molecule has 1 aromatic carbocycles. The molecule has 0 aliphatic rings. The predicted octanol–water partition coefficient (Wildman–Crippen LogP) is 3.88. The van der Waals surface area contributed by atoms with Gasteiger partial charge >= 0.3 is 0 Å². The molecule has 0 bridgehead atoms. The van der Waals surface area contributed by atoms with Gasteiger partial charge < -0.3 is 14.6 Å². The lowest BCUT2D eigenvalue weighted by atomic mass is 10.2. The highest BCUT2D eigenvalue weighted by atomic mass is 19.1. The predicted molar refractivity (Wildman–Crippen MR) is 79.9 cm³/mol. The summed E-state index contributed by atoms with van der Waals surface area (Å²) in [7, 11) is 1.47. The second-order valence-corrected chi connectivity index (χ2v) is 4.84. The van der Waals surface area contributed by atoms with Crippen molar-refractivity contribution in [3.8, 4) is 5.75 Å². The molecular weight excluding hydrogens is 255 g/mol. The van der Waals surface area contributed by atoms with E-state index in [9.17, 15) is 4.39 Å². The van der Waals surface area contributed by atoms with Crippen LogP contribution >= 0.6 is 0 Å². The zero-order valence-corrected chi connectivity index (χ0v) is 12.5. The highest BCUT2D eigenvalue weighted by Crippen LogP contribution is 2.23. The summed E-state index contributed by atoms with van der Waals surface area (Å²) >= 11 is 0. The first-order valence-corrected chi connectivity index (χ1v) is 6.79. The molecule has 0 saturated carbocycles. The number of hydrogen-bond donors (Lipinski definition) is 1. The van der Waals surface area contributed by atoms with Gasteiger partial charge in [-0.1, -0.05) is 0 Å². The van der Waals surface area contributed by atoms with E-state index in [-0.39, 0.29) is 11.6 Å². The topological polar surface area (TPSA) is 26.2 Å². The number of halogens is 1. The molecule has 20 heavy (non-hydrogen) atoms. The standard InChI is InChI=1S/C16H21FN2O/c1-5-19-11(2)8-13(12(19)3)10-18-14-6-7-15(17)16(9-14)20-4/h6-9,18H,5,10H2,1-4H3. The molecule has 0 radical (unpaired) electrons. The van der Waals surface area contributed by atoms with Gasteiger partial charge in [0.1, 0.15) is 0 Å². The van der Waals surface area contributed by atoms with Gasteiger partial charge in [-0.3, -0.25) is 0 Å². The van der Waals surface area contributed by atoms with E-state index >= 15 is 0 Å². The van der Waals surface area contributed by atoms with Crippen molar-refractivity contribution in [2.24, 2.45) is 0 Å². The molecule has 1 aromatic heterocycles. The molecule has 1 heterocycles. The van der Waals surface area contributed by atoms with Crippen LogP contribution in [0.1, 0.15) is 23.9 Å². The molecule has 3 nitrogen and oxygen atoms in total. The molecular formula is C16H21FN2O. The van der Waals surface area contributed by atoms with Gasteiger partial charge in [0.15, 0.2) is 11.6 Å². The summed E-state index contributed by atoms with van der Waals surface area (Å²) in [6.07, 6.45) is 0. The van der Waals surface area contributed by atoms with Crippen molar-refractivity contribution in [3.63, 3.8) is 0 Å². The molecule has 0 saturated heterocycles. The Kier molecular flexibility index (Phi) is 4.32. The maximum Gasteiger partial charge on any atom is 0.165 e. The summed E-state index contributed by atoms with van der Waals surface area (Å²) in [5.41, 5.74) is 4.64. The minimum atomic E-state index is -0.345. The fourth-order valence-electron chi connectivity index (χ4n) is 2.50. The second kappa shape index (κ2) is 5.99. The van der Waals surface area contributed by atoms with Crippen LogP contribution < -0.4 is 10.1 Å². The molecule has 0 unspecified atom stereocenters. The van der Waals surface area contributed by atoms with Crippen molar-refractivity contribution in [2.75, 3.05) is 12.4 Å². The fraction of sp³-hybridized carbons (Fsp3) is 0.375. The van der Waals surface area contributed by atoms with Gasteiger partial charge in [-0.25, -0.2) is 4.39 Å². The van der Waals surface area contributed by atoms with Gasteiger partial charge in [0.2, 0.25) is 0 Å². The zero-order chi connectivity index (χ0) is 14.7. The minimum absolute atomic E-state index is 0.258. The zero-order valence-electron chi connectivity index (χ0n) is 12.5. The molecule has 4 heteroatoms. The van der Waals surface area contributed by atoms with E-state index < -0.39 is 0 Å². The van der Waals surface area contributed by atoms with Crippen LogP contribution in [-0.4, -0.2) is 11.7 Å². The lowest BCUT2D eigenvalue weighted by molar-refractivity contribution is 0.387. The third-order valence-electron chi connectivity index (χ3n) is 3.63. The summed E-state index contributed by atoms with van der Waals surface area (Å²) in [4.78, 5) is 0. The molecule has 0 spiro atoms. The van der Waals surface area contributed by atoms with Crippen LogP contribution in [0.25, 0.3) is 0 Å². The van der Waals surface area contributed by atoms with Crippen molar-refractivity contribution >= 4 is 5.69 Å². The molecule has 0 fully saturated rings. The van der Waals surface area contributed by atoms with Gasteiger partial charge in [0.05, 0.1) is 7.11 Å². The molecule has 0 amide bonds. The number of benzene rings is 1. The van der Waals surface area contributed by atoms with Gasteiger partial charge in [-0.05, 0) is 44.5 Å². The van der Waals surface area contributed by atoms with E-state index in [0.717, 1.165) is 12.2 Å². The van der Waals surface area contributed by atoms with E-state index in [4.69, 9.17) is 4.74 Å². The van der Waals surface area contributed by atoms with E-state index in [1.54, 1.807) is 12.1 Å². The molecule has 108 valence electrons. The number of aromatic nitrogens is 1. The summed E-state index contributed by atoms with van der Waals surface area (Å²) in [5.74, 6) is -0.0868. The van der Waals surface area contributed by atoms with Gasteiger partial charge in [-0.2, -0.15) is 0 Å². The number of aryl methyl sites for hydroxylation is 1. The molecule has 1 N–H and O–H groups in total. The lowest BCUT2D eigenvalue weighted by Gasteiger charge is -2.10. The first kappa shape index (κ1) is 14.4. The summed E-state index contributed by atoms with van der Waals surface area (Å²) < 4.78 is 20.6. The van der Waals surface area contributed by atoms with Gasteiger partial charge in [0, 0.05) is 36.2 Å². The first-order chi connectivity index (χ1) is 9.56. The van der Waals surface area contributed by atoms with Crippen LogP contribution in [0.5, 0.6) is 5.75 Å². The van der Waals surface area contributed by atoms with Crippen molar-refractivity contribution < 1.29 is 9.13 Å². The Labute approximate surface area is 119 Å². The number of methoxy groups -OCH3 is 1. The number of nitrogens with one attached hydrogen (secondary N) is 1. The minimum Gasteiger partial charge on any atom is -0.494 e. The summed E-state index contributed by atoms with van der Waals surface area (Å²) in [6.45, 7) is 8.07. The van der Waals surface area contributed by atoms with Crippen LogP contribution in [0.2, 0.25) is 0 Å². The number of hydrogen-bond acceptors (Lipinski definition) is 2. The smallest absolute Gasteiger partial charge is 0.165 e. The van der Waals surface area contributed by atoms with E-state index in [1.165, 1.54) is 30.1 Å². The van der Waals surface area contributed by atoms with E-state index in [0.29, 0.717) is 6.54 Å². The fourth-order valence-corrected chi connectivity index (χ4v) is 2.50. The molecule has 2 aromatic rings.